The van der Waals surface area contributed by atoms with E-state index in [9.17, 15) is 19.8 Å². The van der Waals surface area contributed by atoms with Crippen LogP contribution in [0.4, 0.5) is 0 Å². The van der Waals surface area contributed by atoms with Crippen LogP contribution >= 0.6 is 0 Å². The predicted octanol–water partition coefficient (Wildman–Crippen LogP) is -1.84. The maximum atomic E-state index is 11.7. The SMILES string of the molecule is C=NC[C@H]1O[C@@H](n2cc(C)c(=O)[nH]c2=O)[C@H](O)[C@@H]1O. The summed E-state index contributed by atoms with van der Waals surface area (Å²) in [5.74, 6) is 0. The number of aliphatic hydroxyl groups excluding tert-OH is 2. The molecule has 0 bridgehead atoms. The molecule has 1 aliphatic rings. The van der Waals surface area contributed by atoms with Gasteiger partial charge in [0.05, 0.1) is 6.54 Å². The third-order valence-electron chi connectivity index (χ3n) is 3.07. The van der Waals surface area contributed by atoms with Gasteiger partial charge < -0.3 is 14.9 Å². The van der Waals surface area contributed by atoms with Gasteiger partial charge in [-0.25, -0.2) is 4.79 Å². The minimum atomic E-state index is -1.28. The third kappa shape index (κ3) is 2.37. The van der Waals surface area contributed by atoms with E-state index in [0.29, 0.717) is 5.56 Å². The van der Waals surface area contributed by atoms with Crippen LogP contribution in [0.3, 0.4) is 0 Å². The highest BCUT2D eigenvalue weighted by Crippen LogP contribution is 2.28. The molecule has 1 aromatic rings. The second-order valence-corrected chi connectivity index (χ2v) is 4.43. The van der Waals surface area contributed by atoms with Crippen molar-refractivity contribution in [2.24, 2.45) is 4.99 Å². The zero-order valence-electron chi connectivity index (χ0n) is 10.3. The van der Waals surface area contributed by atoms with Gasteiger partial charge in [-0.2, -0.15) is 0 Å². The molecule has 2 rings (SSSR count). The van der Waals surface area contributed by atoms with Crippen LogP contribution in [0, 0.1) is 6.92 Å². The summed E-state index contributed by atoms with van der Waals surface area (Å²) in [4.78, 5) is 28.7. The maximum Gasteiger partial charge on any atom is 0.330 e. The molecule has 8 heteroatoms. The van der Waals surface area contributed by atoms with E-state index in [1.165, 1.54) is 13.1 Å². The number of aliphatic hydroxyl groups is 2. The molecule has 1 aliphatic heterocycles. The molecule has 104 valence electrons. The Balaban J connectivity index is 2.38. The molecule has 0 amide bonds. The van der Waals surface area contributed by atoms with Crippen LogP contribution in [0.15, 0.2) is 20.8 Å². The smallest absolute Gasteiger partial charge is 0.330 e. The number of H-pyrrole nitrogens is 1. The standard InChI is InChI=1S/C11H15N3O5/c1-5-4-14(11(18)13-9(5)17)10-8(16)7(15)6(19-10)3-12-2/h4,6-8,10,15-16H,2-3H2,1H3,(H,13,17,18)/t6-,7-,8-,10-/m1/s1. The lowest BCUT2D eigenvalue weighted by atomic mass is 10.1. The van der Waals surface area contributed by atoms with E-state index in [2.05, 4.69) is 16.7 Å². The van der Waals surface area contributed by atoms with E-state index in [1.807, 2.05) is 0 Å². The summed E-state index contributed by atoms with van der Waals surface area (Å²) in [6.45, 7) is 4.91. The number of aliphatic imine (C=N–C) groups is 1. The molecule has 0 aromatic carbocycles. The second-order valence-electron chi connectivity index (χ2n) is 4.43. The van der Waals surface area contributed by atoms with Gasteiger partial charge in [-0.15, -0.1) is 0 Å². The van der Waals surface area contributed by atoms with Crippen molar-refractivity contribution in [2.45, 2.75) is 31.5 Å². The molecule has 0 unspecified atom stereocenters. The Bertz CT molecular complexity index is 593. The van der Waals surface area contributed by atoms with Crippen molar-refractivity contribution >= 4 is 6.72 Å². The van der Waals surface area contributed by atoms with Gasteiger partial charge >= 0.3 is 5.69 Å². The van der Waals surface area contributed by atoms with Crippen molar-refractivity contribution in [1.29, 1.82) is 0 Å². The van der Waals surface area contributed by atoms with E-state index < -0.39 is 35.8 Å². The Morgan fingerprint density at radius 3 is 2.79 bits per heavy atom. The molecule has 1 fully saturated rings. The third-order valence-corrected chi connectivity index (χ3v) is 3.07. The minimum absolute atomic E-state index is 0.103. The van der Waals surface area contributed by atoms with Crippen LogP contribution in [-0.4, -0.2) is 51.3 Å². The summed E-state index contributed by atoms with van der Waals surface area (Å²) in [6.07, 6.45) is -2.98. The Hall–Kier alpha value is -1.77. The average molecular weight is 269 g/mol. The molecule has 3 N–H and O–H groups in total. The zero-order chi connectivity index (χ0) is 14.2. The number of ether oxygens (including phenoxy) is 1. The number of aromatic nitrogens is 2. The van der Waals surface area contributed by atoms with E-state index in [1.54, 1.807) is 0 Å². The van der Waals surface area contributed by atoms with Gasteiger partial charge in [-0.05, 0) is 13.6 Å². The lowest BCUT2D eigenvalue weighted by Gasteiger charge is -2.17. The Labute approximate surface area is 108 Å². The van der Waals surface area contributed by atoms with Crippen LogP contribution in [0.25, 0.3) is 0 Å². The highest BCUT2D eigenvalue weighted by Gasteiger charge is 2.43. The summed E-state index contributed by atoms with van der Waals surface area (Å²) >= 11 is 0. The topological polar surface area (TPSA) is 117 Å². The van der Waals surface area contributed by atoms with Crippen molar-refractivity contribution in [3.63, 3.8) is 0 Å². The molecule has 0 radical (unpaired) electrons. The highest BCUT2D eigenvalue weighted by molar-refractivity contribution is 5.23. The maximum absolute atomic E-state index is 11.7. The first kappa shape index (κ1) is 13.7. The quantitative estimate of drug-likeness (QED) is 0.558. The Morgan fingerprint density at radius 2 is 2.16 bits per heavy atom. The van der Waals surface area contributed by atoms with Crippen LogP contribution in [-0.2, 0) is 4.74 Å². The number of aryl methyl sites for hydroxylation is 1. The summed E-state index contributed by atoms with van der Waals surface area (Å²) in [6, 6.07) is 0. The fourth-order valence-corrected chi connectivity index (χ4v) is 2.01. The molecule has 8 nitrogen and oxygen atoms in total. The summed E-state index contributed by atoms with van der Waals surface area (Å²) in [7, 11) is 0. The van der Waals surface area contributed by atoms with Gasteiger partial charge in [0.1, 0.15) is 18.3 Å². The van der Waals surface area contributed by atoms with Crippen LogP contribution in [0.2, 0.25) is 0 Å². The van der Waals surface area contributed by atoms with Crippen LogP contribution in [0.1, 0.15) is 11.8 Å². The fourth-order valence-electron chi connectivity index (χ4n) is 2.01. The molecule has 0 spiro atoms. The van der Waals surface area contributed by atoms with E-state index >= 15 is 0 Å². The lowest BCUT2D eigenvalue weighted by molar-refractivity contribution is -0.0372. The second kappa shape index (κ2) is 5.08. The first-order chi connectivity index (χ1) is 8.95. The normalized spacial score (nSPS) is 30.5. The van der Waals surface area contributed by atoms with E-state index in [4.69, 9.17) is 4.74 Å². The molecule has 1 aromatic heterocycles. The van der Waals surface area contributed by atoms with E-state index in [0.717, 1.165) is 4.57 Å². The predicted molar refractivity (Wildman–Crippen MR) is 66.4 cm³/mol. The molecule has 0 aliphatic carbocycles. The number of hydrogen-bond donors (Lipinski definition) is 3. The van der Waals surface area contributed by atoms with Crippen molar-refractivity contribution in [3.8, 4) is 0 Å². The lowest BCUT2D eigenvalue weighted by Crippen LogP contribution is -2.38. The van der Waals surface area contributed by atoms with Crippen LogP contribution < -0.4 is 11.2 Å². The molecular weight excluding hydrogens is 254 g/mol. The Kier molecular flexibility index (Phi) is 3.65. The molecule has 2 heterocycles. The molecule has 4 atom stereocenters. The summed E-state index contributed by atoms with van der Waals surface area (Å²) in [5.41, 5.74) is -0.909. The zero-order valence-corrected chi connectivity index (χ0v) is 10.3. The first-order valence-corrected chi connectivity index (χ1v) is 5.72. The van der Waals surface area contributed by atoms with Gasteiger partial charge in [-0.3, -0.25) is 19.3 Å². The molecule has 19 heavy (non-hydrogen) atoms. The van der Waals surface area contributed by atoms with Gasteiger partial charge in [0.25, 0.3) is 5.56 Å². The monoisotopic (exact) mass is 269 g/mol. The summed E-state index contributed by atoms with van der Waals surface area (Å²) < 4.78 is 6.44. The number of rotatable bonds is 3. The van der Waals surface area contributed by atoms with Gasteiger partial charge in [0.2, 0.25) is 0 Å². The fraction of sp³-hybridized carbons (Fsp3) is 0.545. The van der Waals surface area contributed by atoms with Gasteiger partial charge in [-0.1, -0.05) is 0 Å². The Morgan fingerprint density at radius 1 is 1.47 bits per heavy atom. The largest absolute Gasteiger partial charge is 0.387 e. The first-order valence-electron chi connectivity index (χ1n) is 5.72. The van der Waals surface area contributed by atoms with Crippen LogP contribution in [0.5, 0.6) is 0 Å². The van der Waals surface area contributed by atoms with E-state index in [-0.39, 0.29) is 6.54 Å². The molecule has 0 saturated carbocycles. The number of aromatic amines is 1. The molecular formula is C11H15N3O5. The van der Waals surface area contributed by atoms with Gasteiger partial charge in [0.15, 0.2) is 6.23 Å². The van der Waals surface area contributed by atoms with Crippen molar-refractivity contribution in [1.82, 2.24) is 9.55 Å². The van der Waals surface area contributed by atoms with Gasteiger partial charge in [0, 0.05) is 11.8 Å². The summed E-state index contributed by atoms with van der Waals surface area (Å²) in [5, 5.41) is 19.7. The number of nitrogens with zero attached hydrogens (tertiary/aromatic N) is 2. The molecule has 1 saturated heterocycles. The highest BCUT2D eigenvalue weighted by atomic mass is 16.6. The van der Waals surface area contributed by atoms with Crippen molar-refractivity contribution in [2.75, 3.05) is 6.54 Å². The minimum Gasteiger partial charge on any atom is -0.387 e. The van der Waals surface area contributed by atoms with Crippen molar-refractivity contribution in [3.05, 3.63) is 32.6 Å². The number of nitrogens with one attached hydrogen (secondary N) is 1. The van der Waals surface area contributed by atoms with Crippen molar-refractivity contribution < 1.29 is 14.9 Å². The average Bonchev–Trinajstić information content (AvgIpc) is 2.63. The number of hydrogen-bond acceptors (Lipinski definition) is 6.